The molecular weight excluding hydrogens is 343 g/mol. The average molecular weight is 362 g/mol. The standard InChI is InChI=1S/C18H19FN2O3S/c1-24-16-6-7-17-14(8-16)10-20-12-21(25(22,23)11-18(17)20)9-13-2-4-15(19)5-3-13/h2-8,18H,9-12H2,1H3. The van der Waals surface area contributed by atoms with Crippen LogP contribution in [0.3, 0.4) is 0 Å². The lowest BCUT2D eigenvalue weighted by molar-refractivity contribution is 0.137. The van der Waals surface area contributed by atoms with Crippen molar-refractivity contribution >= 4 is 10.0 Å². The summed E-state index contributed by atoms with van der Waals surface area (Å²) in [7, 11) is -1.75. The maximum Gasteiger partial charge on any atom is 0.217 e. The van der Waals surface area contributed by atoms with Gasteiger partial charge in [-0.2, -0.15) is 4.31 Å². The SMILES string of the molecule is COc1ccc2c(c1)CN1CN(Cc3ccc(F)cc3)S(=O)(=O)CC21. The van der Waals surface area contributed by atoms with Gasteiger partial charge in [0.1, 0.15) is 11.6 Å². The van der Waals surface area contributed by atoms with E-state index >= 15 is 0 Å². The van der Waals surface area contributed by atoms with Crippen LogP contribution in [0.15, 0.2) is 42.5 Å². The van der Waals surface area contributed by atoms with Gasteiger partial charge in [-0.15, -0.1) is 0 Å². The quantitative estimate of drug-likeness (QED) is 0.842. The summed E-state index contributed by atoms with van der Waals surface area (Å²) in [6, 6.07) is 11.7. The van der Waals surface area contributed by atoms with Gasteiger partial charge in [0.25, 0.3) is 0 Å². The molecule has 2 heterocycles. The van der Waals surface area contributed by atoms with E-state index in [1.54, 1.807) is 19.2 Å². The predicted molar refractivity (Wildman–Crippen MR) is 91.9 cm³/mol. The predicted octanol–water partition coefficient (Wildman–Crippen LogP) is 2.49. The van der Waals surface area contributed by atoms with E-state index < -0.39 is 10.0 Å². The van der Waals surface area contributed by atoms with Gasteiger partial charge in [-0.05, 0) is 41.0 Å². The van der Waals surface area contributed by atoms with Crippen LogP contribution in [0, 0.1) is 5.82 Å². The van der Waals surface area contributed by atoms with Gasteiger partial charge in [-0.3, -0.25) is 4.90 Å². The van der Waals surface area contributed by atoms with Crippen molar-refractivity contribution < 1.29 is 17.5 Å². The topological polar surface area (TPSA) is 49.9 Å². The van der Waals surface area contributed by atoms with E-state index in [2.05, 4.69) is 4.90 Å². The Morgan fingerprint density at radius 2 is 1.96 bits per heavy atom. The van der Waals surface area contributed by atoms with Crippen molar-refractivity contribution in [3.8, 4) is 5.75 Å². The van der Waals surface area contributed by atoms with E-state index in [-0.39, 0.29) is 24.2 Å². The molecule has 2 aliphatic heterocycles. The highest BCUT2D eigenvalue weighted by Gasteiger charge is 2.42. The summed E-state index contributed by atoms with van der Waals surface area (Å²) >= 11 is 0. The van der Waals surface area contributed by atoms with Gasteiger partial charge in [-0.25, -0.2) is 12.8 Å². The van der Waals surface area contributed by atoms with Crippen LogP contribution < -0.4 is 4.74 Å². The molecule has 132 valence electrons. The fourth-order valence-electron chi connectivity index (χ4n) is 3.58. The third-order valence-electron chi connectivity index (χ3n) is 4.90. The van der Waals surface area contributed by atoms with E-state index in [9.17, 15) is 12.8 Å². The van der Waals surface area contributed by atoms with Crippen LogP contribution >= 0.6 is 0 Å². The summed E-state index contributed by atoms with van der Waals surface area (Å²) < 4.78 is 45.3. The lowest BCUT2D eigenvalue weighted by Crippen LogP contribution is -2.49. The Hall–Kier alpha value is -1.96. The van der Waals surface area contributed by atoms with Crippen LogP contribution in [-0.2, 0) is 23.1 Å². The molecule has 0 saturated carbocycles. The Labute approximate surface area is 146 Å². The van der Waals surface area contributed by atoms with Crippen LogP contribution in [-0.4, -0.2) is 37.2 Å². The van der Waals surface area contributed by atoms with Crippen LogP contribution in [0.4, 0.5) is 4.39 Å². The van der Waals surface area contributed by atoms with Crippen molar-refractivity contribution in [2.75, 3.05) is 19.5 Å². The summed E-state index contributed by atoms with van der Waals surface area (Å²) in [5.41, 5.74) is 2.95. The zero-order chi connectivity index (χ0) is 17.6. The fourth-order valence-corrected chi connectivity index (χ4v) is 5.25. The second-order valence-corrected chi connectivity index (χ2v) is 8.50. The largest absolute Gasteiger partial charge is 0.497 e. The molecule has 0 spiro atoms. The first kappa shape index (κ1) is 16.5. The van der Waals surface area contributed by atoms with Gasteiger partial charge in [-0.1, -0.05) is 18.2 Å². The number of hydrogen-bond acceptors (Lipinski definition) is 4. The molecule has 1 unspecified atom stereocenters. The molecule has 0 amide bonds. The van der Waals surface area contributed by atoms with Gasteiger partial charge in [0.05, 0.1) is 25.6 Å². The summed E-state index contributed by atoms with van der Waals surface area (Å²) in [4.78, 5) is 2.16. The number of rotatable bonds is 3. The Morgan fingerprint density at radius 1 is 1.20 bits per heavy atom. The van der Waals surface area contributed by atoms with Crippen molar-refractivity contribution in [1.29, 1.82) is 0 Å². The van der Waals surface area contributed by atoms with E-state index in [0.717, 1.165) is 22.4 Å². The van der Waals surface area contributed by atoms with Crippen molar-refractivity contribution in [1.82, 2.24) is 9.21 Å². The van der Waals surface area contributed by atoms with Gasteiger partial charge in [0.2, 0.25) is 10.0 Å². The number of sulfonamides is 1. The minimum Gasteiger partial charge on any atom is -0.497 e. The van der Waals surface area contributed by atoms with E-state index in [0.29, 0.717) is 13.2 Å². The highest BCUT2D eigenvalue weighted by Crippen LogP contribution is 2.39. The molecule has 0 aliphatic carbocycles. The van der Waals surface area contributed by atoms with Crippen molar-refractivity contribution in [3.63, 3.8) is 0 Å². The Balaban J connectivity index is 1.58. The summed E-state index contributed by atoms with van der Waals surface area (Å²) in [5, 5.41) is 0. The first-order chi connectivity index (χ1) is 12.0. The fraction of sp³-hybridized carbons (Fsp3) is 0.333. The smallest absolute Gasteiger partial charge is 0.217 e. The molecule has 2 aromatic carbocycles. The Kier molecular flexibility index (Phi) is 4.02. The number of methoxy groups -OCH3 is 1. The maximum absolute atomic E-state index is 13.1. The monoisotopic (exact) mass is 362 g/mol. The third-order valence-corrected chi connectivity index (χ3v) is 6.67. The van der Waals surface area contributed by atoms with Gasteiger partial charge in [0, 0.05) is 13.1 Å². The summed E-state index contributed by atoms with van der Waals surface area (Å²) in [6.45, 7) is 1.29. The van der Waals surface area contributed by atoms with E-state index in [1.807, 2.05) is 18.2 Å². The molecule has 0 N–H and O–H groups in total. The second kappa shape index (κ2) is 6.09. The number of benzene rings is 2. The van der Waals surface area contributed by atoms with Crippen molar-refractivity contribution in [3.05, 3.63) is 65.0 Å². The molecule has 0 radical (unpaired) electrons. The summed E-state index contributed by atoms with van der Waals surface area (Å²) in [6.07, 6.45) is 0. The minimum atomic E-state index is -3.38. The molecule has 0 bridgehead atoms. The minimum absolute atomic E-state index is 0.0630. The molecule has 1 atom stereocenters. The molecule has 2 aromatic rings. The van der Waals surface area contributed by atoms with Gasteiger partial charge >= 0.3 is 0 Å². The second-order valence-electron chi connectivity index (χ2n) is 6.48. The molecule has 7 heteroatoms. The molecule has 0 aromatic heterocycles. The molecule has 4 rings (SSSR count). The van der Waals surface area contributed by atoms with Crippen molar-refractivity contribution in [2.45, 2.75) is 19.1 Å². The highest BCUT2D eigenvalue weighted by molar-refractivity contribution is 7.89. The van der Waals surface area contributed by atoms with Gasteiger partial charge < -0.3 is 4.74 Å². The molecule has 2 aliphatic rings. The molecular formula is C18H19FN2O3S. The molecule has 1 saturated heterocycles. The lowest BCUT2D eigenvalue weighted by atomic mass is 10.1. The van der Waals surface area contributed by atoms with Crippen LogP contribution in [0.5, 0.6) is 5.75 Å². The highest BCUT2D eigenvalue weighted by atomic mass is 32.2. The van der Waals surface area contributed by atoms with Crippen molar-refractivity contribution in [2.24, 2.45) is 0 Å². The first-order valence-corrected chi connectivity index (χ1v) is 9.70. The molecule has 25 heavy (non-hydrogen) atoms. The number of halogens is 1. The normalized spacial score (nSPS) is 22.4. The number of ether oxygens (including phenoxy) is 1. The summed E-state index contributed by atoms with van der Waals surface area (Å²) in [5.74, 6) is 0.520. The van der Waals surface area contributed by atoms with Crippen LogP contribution in [0.1, 0.15) is 22.7 Å². The molecule has 5 nitrogen and oxygen atoms in total. The van der Waals surface area contributed by atoms with Crippen LogP contribution in [0.2, 0.25) is 0 Å². The first-order valence-electron chi connectivity index (χ1n) is 8.09. The molecule has 1 fully saturated rings. The maximum atomic E-state index is 13.1. The Bertz CT molecular complexity index is 899. The van der Waals surface area contributed by atoms with Crippen LogP contribution in [0.25, 0.3) is 0 Å². The number of fused-ring (bicyclic) bond motifs is 3. The number of nitrogens with zero attached hydrogens (tertiary/aromatic N) is 2. The van der Waals surface area contributed by atoms with E-state index in [1.165, 1.54) is 16.4 Å². The third kappa shape index (κ3) is 3.03. The zero-order valence-corrected chi connectivity index (χ0v) is 14.7. The number of hydrogen-bond donors (Lipinski definition) is 0. The lowest BCUT2D eigenvalue weighted by Gasteiger charge is -2.37. The average Bonchev–Trinajstić information content (AvgIpc) is 2.92. The Morgan fingerprint density at radius 3 is 2.68 bits per heavy atom. The zero-order valence-electron chi connectivity index (χ0n) is 13.9. The van der Waals surface area contributed by atoms with E-state index in [4.69, 9.17) is 4.74 Å². The van der Waals surface area contributed by atoms with Gasteiger partial charge in [0.15, 0.2) is 0 Å².